The molecule has 2 N–H and O–H groups in total. The Morgan fingerprint density at radius 2 is 1.96 bits per heavy atom. The fourth-order valence-corrected chi connectivity index (χ4v) is 5.11. The minimum absolute atomic E-state index is 0.0508. The molecule has 0 aromatic carbocycles. The van der Waals surface area contributed by atoms with Crippen molar-refractivity contribution in [3.05, 3.63) is 22.4 Å². The third-order valence-corrected chi connectivity index (χ3v) is 6.65. The molecule has 132 valence electrons. The van der Waals surface area contributed by atoms with E-state index in [1.165, 1.54) is 37.0 Å². The zero-order chi connectivity index (χ0) is 17.3. The summed E-state index contributed by atoms with van der Waals surface area (Å²) in [7, 11) is 0. The summed E-state index contributed by atoms with van der Waals surface area (Å²) < 4.78 is 0. The van der Waals surface area contributed by atoms with Crippen molar-refractivity contribution < 1.29 is 9.59 Å². The number of nitrogens with one attached hydrogen (secondary N) is 2. The number of hydrogen-bond acceptors (Lipinski definition) is 3. The Morgan fingerprint density at radius 1 is 1.17 bits per heavy atom. The molecule has 0 saturated heterocycles. The first kappa shape index (κ1) is 17.5. The summed E-state index contributed by atoms with van der Waals surface area (Å²) in [5.41, 5.74) is 0. The van der Waals surface area contributed by atoms with Gasteiger partial charge < -0.3 is 10.6 Å². The van der Waals surface area contributed by atoms with Gasteiger partial charge in [-0.2, -0.15) is 0 Å². The Labute approximate surface area is 148 Å². The fraction of sp³-hybridized carbons (Fsp3) is 0.684. The number of thiophene rings is 1. The summed E-state index contributed by atoms with van der Waals surface area (Å²) in [5, 5.41) is 7.97. The lowest BCUT2D eigenvalue weighted by atomic mass is 9.84. The van der Waals surface area contributed by atoms with Gasteiger partial charge in [0.25, 0.3) is 5.91 Å². The standard InChI is InChI=1S/C19H28N2O2S/c1-11(2)17(21-18(22)16-5-4-8-24-16)19(23)20-12(3)15-10-13-6-7-14(15)9-13/h4-5,8,11-15,17H,6-7,9-10H2,1-3H3,(H,20,23)(H,21,22). The summed E-state index contributed by atoms with van der Waals surface area (Å²) in [6, 6.07) is 3.34. The third-order valence-electron chi connectivity index (χ3n) is 5.79. The Hall–Kier alpha value is -1.36. The number of hydrogen-bond donors (Lipinski definition) is 2. The first-order valence-electron chi connectivity index (χ1n) is 9.10. The van der Waals surface area contributed by atoms with Crippen molar-refractivity contribution in [2.45, 2.75) is 58.5 Å². The van der Waals surface area contributed by atoms with Crippen LogP contribution in [0, 0.1) is 23.7 Å². The fourth-order valence-electron chi connectivity index (χ4n) is 4.48. The maximum Gasteiger partial charge on any atom is 0.262 e. The lowest BCUT2D eigenvalue weighted by molar-refractivity contribution is -0.125. The van der Waals surface area contributed by atoms with Crippen LogP contribution in [-0.2, 0) is 4.79 Å². The summed E-state index contributed by atoms with van der Waals surface area (Å²) in [6.07, 6.45) is 5.28. The number of fused-ring (bicyclic) bond motifs is 2. The molecule has 2 amide bonds. The average molecular weight is 349 g/mol. The molecule has 2 bridgehead atoms. The molecule has 0 spiro atoms. The SMILES string of the molecule is CC(C)C(NC(=O)c1cccs1)C(=O)NC(C)C1CC2CCC1C2. The van der Waals surface area contributed by atoms with Gasteiger partial charge in [-0.05, 0) is 61.3 Å². The first-order chi connectivity index (χ1) is 11.5. The molecule has 2 saturated carbocycles. The summed E-state index contributed by atoms with van der Waals surface area (Å²) in [6.45, 7) is 6.07. The molecule has 0 radical (unpaired) electrons. The quantitative estimate of drug-likeness (QED) is 0.827. The van der Waals surface area contributed by atoms with Crippen molar-refractivity contribution in [1.29, 1.82) is 0 Å². The van der Waals surface area contributed by atoms with Gasteiger partial charge in [0.2, 0.25) is 5.91 Å². The van der Waals surface area contributed by atoms with Crippen LogP contribution in [0.5, 0.6) is 0 Å². The molecule has 24 heavy (non-hydrogen) atoms. The third kappa shape index (κ3) is 3.66. The molecule has 2 fully saturated rings. The number of amides is 2. The van der Waals surface area contributed by atoms with Gasteiger partial charge in [0, 0.05) is 6.04 Å². The lowest BCUT2D eigenvalue weighted by Crippen LogP contribution is -2.53. The highest BCUT2D eigenvalue weighted by Gasteiger charge is 2.42. The van der Waals surface area contributed by atoms with Crippen LogP contribution in [0.3, 0.4) is 0 Å². The summed E-state index contributed by atoms with van der Waals surface area (Å²) in [4.78, 5) is 25.7. The summed E-state index contributed by atoms with van der Waals surface area (Å²) in [5.74, 6) is 2.11. The molecule has 2 aliphatic carbocycles. The predicted molar refractivity (Wildman–Crippen MR) is 97.0 cm³/mol. The molecule has 1 heterocycles. The minimum Gasteiger partial charge on any atom is -0.352 e. The van der Waals surface area contributed by atoms with Gasteiger partial charge in [-0.25, -0.2) is 0 Å². The topological polar surface area (TPSA) is 58.2 Å². The Kier molecular flexibility index (Phi) is 5.28. The van der Waals surface area contributed by atoms with E-state index in [4.69, 9.17) is 0 Å². The summed E-state index contributed by atoms with van der Waals surface area (Å²) >= 11 is 1.40. The van der Waals surface area contributed by atoms with Gasteiger partial charge in [0.05, 0.1) is 4.88 Å². The number of carbonyl (C=O) groups excluding carboxylic acids is 2. The van der Waals surface area contributed by atoms with Crippen LogP contribution in [0.2, 0.25) is 0 Å². The van der Waals surface area contributed by atoms with E-state index < -0.39 is 6.04 Å². The molecule has 2 aliphatic rings. The van der Waals surface area contributed by atoms with Crippen LogP contribution in [-0.4, -0.2) is 23.9 Å². The monoisotopic (exact) mass is 348 g/mol. The first-order valence-corrected chi connectivity index (χ1v) is 9.98. The molecular formula is C19H28N2O2S. The highest BCUT2D eigenvalue weighted by molar-refractivity contribution is 7.12. The van der Waals surface area contributed by atoms with E-state index in [1.807, 2.05) is 25.3 Å². The van der Waals surface area contributed by atoms with Gasteiger partial charge in [-0.15, -0.1) is 11.3 Å². The van der Waals surface area contributed by atoms with Crippen molar-refractivity contribution in [3.8, 4) is 0 Å². The van der Waals surface area contributed by atoms with Gasteiger partial charge >= 0.3 is 0 Å². The maximum atomic E-state index is 12.7. The zero-order valence-electron chi connectivity index (χ0n) is 14.7. The highest BCUT2D eigenvalue weighted by Crippen LogP contribution is 2.49. The van der Waals surface area contributed by atoms with Crippen LogP contribution in [0.4, 0.5) is 0 Å². The zero-order valence-corrected chi connectivity index (χ0v) is 15.6. The van der Waals surface area contributed by atoms with E-state index in [2.05, 4.69) is 17.6 Å². The van der Waals surface area contributed by atoms with E-state index in [0.29, 0.717) is 10.8 Å². The second kappa shape index (κ2) is 7.26. The van der Waals surface area contributed by atoms with Crippen LogP contribution < -0.4 is 10.6 Å². The Bertz CT molecular complexity index is 584. The van der Waals surface area contributed by atoms with E-state index in [9.17, 15) is 9.59 Å². The molecule has 3 rings (SSSR count). The van der Waals surface area contributed by atoms with Crippen molar-refractivity contribution in [3.63, 3.8) is 0 Å². The van der Waals surface area contributed by atoms with Gasteiger partial charge in [-0.3, -0.25) is 9.59 Å². The van der Waals surface area contributed by atoms with E-state index in [-0.39, 0.29) is 23.8 Å². The van der Waals surface area contributed by atoms with Crippen molar-refractivity contribution in [1.82, 2.24) is 10.6 Å². The Morgan fingerprint density at radius 3 is 2.50 bits per heavy atom. The van der Waals surface area contributed by atoms with Crippen LogP contribution in [0.25, 0.3) is 0 Å². The molecule has 5 heteroatoms. The minimum atomic E-state index is -0.486. The van der Waals surface area contributed by atoms with E-state index in [1.54, 1.807) is 6.07 Å². The molecule has 5 unspecified atom stereocenters. The van der Waals surface area contributed by atoms with Crippen LogP contribution >= 0.6 is 11.3 Å². The number of carbonyl (C=O) groups is 2. The molecule has 4 nitrogen and oxygen atoms in total. The second-order valence-electron chi connectivity index (χ2n) is 7.81. The normalized spacial score (nSPS) is 27.9. The predicted octanol–water partition coefficient (Wildman–Crippen LogP) is 3.44. The maximum absolute atomic E-state index is 12.7. The largest absolute Gasteiger partial charge is 0.352 e. The van der Waals surface area contributed by atoms with E-state index >= 15 is 0 Å². The van der Waals surface area contributed by atoms with Crippen molar-refractivity contribution in [2.75, 3.05) is 0 Å². The van der Waals surface area contributed by atoms with Gasteiger partial charge in [0.1, 0.15) is 6.04 Å². The van der Waals surface area contributed by atoms with E-state index in [0.717, 1.165) is 11.8 Å². The van der Waals surface area contributed by atoms with Crippen LogP contribution in [0.15, 0.2) is 17.5 Å². The van der Waals surface area contributed by atoms with Crippen molar-refractivity contribution in [2.24, 2.45) is 23.7 Å². The average Bonchev–Trinajstić information content (AvgIpc) is 3.27. The molecule has 5 atom stereocenters. The molecular weight excluding hydrogens is 320 g/mol. The Balaban J connectivity index is 1.59. The van der Waals surface area contributed by atoms with Gasteiger partial charge in [0.15, 0.2) is 0 Å². The lowest BCUT2D eigenvalue weighted by Gasteiger charge is -2.30. The van der Waals surface area contributed by atoms with Crippen molar-refractivity contribution >= 4 is 23.2 Å². The molecule has 1 aromatic rings. The smallest absolute Gasteiger partial charge is 0.262 e. The molecule has 0 aliphatic heterocycles. The highest BCUT2D eigenvalue weighted by atomic mass is 32.1. The van der Waals surface area contributed by atoms with Crippen LogP contribution in [0.1, 0.15) is 56.1 Å². The van der Waals surface area contributed by atoms with Gasteiger partial charge in [-0.1, -0.05) is 26.3 Å². The molecule has 1 aromatic heterocycles. The second-order valence-corrected chi connectivity index (χ2v) is 8.76. The number of rotatable bonds is 6.